The third kappa shape index (κ3) is 3.66. The summed E-state index contributed by atoms with van der Waals surface area (Å²) in [5.74, 6) is 0. The molecule has 1 aromatic carbocycles. The molecular formula is C18H14F3NO2S. The van der Waals surface area contributed by atoms with Crippen LogP contribution in [0.2, 0.25) is 0 Å². The van der Waals surface area contributed by atoms with E-state index in [2.05, 4.69) is 4.98 Å². The van der Waals surface area contributed by atoms with Crippen LogP contribution in [0.3, 0.4) is 0 Å². The first kappa shape index (κ1) is 17.4. The average molecular weight is 365 g/mol. The number of halogens is 3. The van der Waals surface area contributed by atoms with Gasteiger partial charge in [-0.05, 0) is 41.8 Å². The minimum absolute atomic E-state index is 0.216. The summed E-state index contributed by atoms with van der Waals surface area (Å²) in [5, 5.41) is 0. The van der Waals surface area contributed by atoms with Crippen molar-refractivity contribution in [2.75, 3.05) is 6.26 Å². The number of hydrogen-bond acceptors (Lipinski definition) is 3. The molecule has 0 saturated heterocycles. The topological polar surface area (TPSA) is 47.0 Å². The number of allylic oxidation sites excluding steroid dienone is 4. The van der Waals surface area contributed by atoms with Gasteiger partial charge in [0.05, 0.1) is 16.2 Å². The smallest absolute Gasteiger partial charge is 0.256 e. The third-order valence-corrected chi connectivity index (χ3v) is 5.02. The van der Waals surface area contributed by atoms with Crippen LogP contribution in [0.15, 0.2) is 59.6 Å². The molecule has 1 aromatic heterocycles. The van der Waals surface area contributed by atoms with Crippen LogP contribution in [-0.2, 0) is 16.0 Å². The van der Waals surface area contributed by atoms with Crippen LogP contribution in [0.25, 0.3) is 11.1 Å². The molecule has 0 bridgehead atoms. The molecule has 1 heterocycles. The Kier molecular flexibility index (Phi) is 4.28. The van der Waals surface area contributed by atoms with E-state index in [-0.39, 0.29) is 4.90 Å². The molecule has 3 nitrogen and oxygen atoms in total. The van der Waals surface area contributed by atoms with E-state index in [4.69, 9.17) is 0 Å². The zero-order chi connectivity index (χ0) is 18.2. The van der Waals surface area contributed by atoms with Gasteiger partial charge in [-0.25, -0.2) is 8.42 Å². The molecule has 0 radical (unpaired) electrons. The molecule has 2 aromatic rings. The highest BCUT2D eigenvalue weighted by atomic mass is 32.2. The number of hydrogen-bond donors (Lipinski definition) is 0. The molecular weight excluding hydrogens is 351 g/mol. The predicted octanol–water partition coefficient (Wildman–Crippen LogP) is 4.37. The highest BCUT2D eigenvalue weighted by Gasteiger charge is 2.31. The minimum atomic E-state index is -4.42. The molecule has 7 heteroatoms. The van der Waals surface area contributed by atoms with Crippen molar-refractivity contribution in [3.05, 3.63) is 71.6 Å². The molecule has 0 aliphatic heterocycles. The van der Waals surface area contributed by atoms with E-state index in [0.29, 0.717) is 12.1 Å². The van der Waals surface area contributed by atoms with Gasteiger partial charge in [-0.2, -0.15) is 13.2 Å². The van der Waals surface area contributed by atoms with Crippen LogP contribution in [0, 0.1) is 0 Å². The van der Waals surface area contributed by atoms with Crippen LogP contribution >= 0.6 is 0 Å². The van der Waals surface area contributed by atoms with Crippen LogP contribution in [-0.4, -0.2) is 19.7 Å². The van der Waals surface area contributed by atoms with Crippen LogP contribution in [0.5, 0.6) is 0 Å². The quantitative estimate of drug-likeness (QED) is 0.811. The van der Waals surface area contributed by atoms with Gasteiger partial charge in [-0.3, -0.25) is 4.98 Å². The summed E-state index contributed by atoms with van der Waals surface area (Å²) < 4.78 is 61.0. The lowest BCUT2D eigenvalue weighted by Gasteiger charge is -2.11. The van der Waals surface area contributed by atoms with E-state index in [1.54, 1.807) is 12.1 Å². The van der Waals surface area contributed by atoms with Crippen molar-refractivity contribution in [3.63, 3.8) is 0 Å². The highest BCUT2D eigenvalue weighted by molar-refractivity contribution is 7.90. The molecule has 25 heavy (non-hydrogen) atoms. The van der Waals surface area contributed by atoms with Gasteiger partial charge in [0.25, 0.3) is 0 Å². The highest BCUT2D eigenvalue weighted by Crippen LogP contribution is 2.36. The van der Waals surface area contributed by atoms with E-state index < -0.39 is 21.6 Å². The van der Waals surface area contributed by atoms with E-state index in [9.17, 15) is 21.6 Å². The van der Waals surface area contributed by atoms with Crippen molar-refractivity contribution in [3.8, 4) is 0 Å². The zero-order valence-corrected chi connectivity index (χ0v) is 14.0. The second-order valence-electron chi connectivity index (χ2n) is 5.70. The molecule has 0 fully saturated rings. The van der Waals surface area contributed by atoms with Gasteiger partial charge in [0, 0.05) is 18.0 Å². The van der Waals surface area contributed by atoms with Gasteiger partial charge in [-0.15, -0.1) is 0 Å². The number of pyridine rings is 1. The summed E-state index contributed by atoms with van der Waals surface area (Å²) in [4.78, 5) is 4.15. The Balaban J connectivity index is 1.91. The molecule has 0 spiro atoms. The zero-order valence-electron chi connectivity index (χ0n) is 13.2. The molecule has 0 N–H and O–H groups in total. The summed E-state index contributed by atoms with van der Waals surface area (Å²) in [6.45, 7) is 0. The summed E-state index contributed by atoms with van der Waals surface area (Å²) >= 11 is 0. The normalized spacial score (nSPS) is 15.0. The monoisotopic (exact) mass is 365 g/mol. The lowest BCUT2D eigenvalue weighted by molar-refractivity contribution is -0.137. The van der Waals surface area contributed by atoms with Crippen LogP contribution < -0.4 is 0 Å². The summed E-state index contributed by atoms with van der Waals surface area (Å²) in [6.07, 6.45) is 1.99. The first-order chi connectivity index (χ1) is 11.7. The molecule has 0 atom stereocenters. The van der Waals surface area contributed by atoms with Crippen molar-refractivity contribution in [2.45, 2.75) is 17.5 Å². The molecule has 1 aliphatic rings. The fourth-order valence-corrected chi connectivity index (χ4v) is 3.26. The first-order valence-electron chi connectivity index (χ1n) is 7.41. The maximum atomic E-state index is 12.7. The summed E-state index contributed by atoms with van der Waals surface area (Å²) in [7, 11) is -3.28. The molecule has 3 rings (SSSR count). The van der Waals surface area contributed by atoms with Gasteiger partial charge in [0.15, 0.2) is 9.84 Å². The predicted molar refractivity (Wildman–Crippen MR) is 89.4 cm³/mol. The fourth-order valence-electron chi connectivity index (χ4n) is 2.63. The van der Waals surface area contributed by atoms with E-state index in [1.807, 2.05) is 12.2 Å². The number of alkyl halides is 3. The Morgan fingerprint density at radius 3 is 2.12 bits per heavy atom. The first-order valence-corrected chi connectivity index (χ1v) is 9.30. The molecule has 0 amide bonds. The van der Waals surface area contributed by atoms with Crippen molar-refractivity contribution in [1.29, 1.82) is 0 Å². The summed E-state index contributed by atoms with van der Waals surface area (Å²) in [5.41, 5.74) is 2.01. The molecule has 0 unspecified atom stereocenters. The largest absolute Gasteiger partial charge is 0.417 e. The van der Waals surface area contributed by atoms with Crippen molar-refractivity contribution in [1.82, 2.24) is 4.98 Å². The number of nitrogens with zero attached hydrogens (tertiary/aromatic N) is 1. The fraction of sp³-hybridized carbons (Fsp3) is 0.167. The summed E-state index contributed by atoms with van der Waals surface area (Å²) in [6, 6.07) is 8.75. The molecule has 1 aliphatic carbocycles. The lowest BCUT2D eigenvalue weighted by Crippen LogP contribution is -2.05. The Bertz CT molecular complexity index is 955. The minimum Gasteiger partial charge on any atom is -0.256 e. The number of aromatic nitrogens is 1. The Morgan fingerprint density at radius 1 is 0.960 bits per heavy atom. The second-order valence-corrected chi connectivity index (χ2v) is 7.71. The van der Waals surface area contributed by atoms with Crippen molar-refractivity contribution < 1.29 is 21.6 Å². The van der Waals surface area contributed by atoms with Crippen molar-refractivity contribution in [2.24, 2.45) is 0 Å². The van der Waals surface area contributed by atoms with Gasteiger partial charge in [-0.1, -0.05) is 24.3 Å². The number of sulfone groups is 1. The standard InChI is InChI=1S/C18H14F3NO2S/c1-25(23,24)14-8-5-12(6-9-14)15-3-2-4-16(15)17-10-7-13(11-22-17)18(19,20)21/h3-11H,2H2,1H3. The van der Waals surface area contributed by atoms with E-state index in [0.717, 1.165) is 35.2 Å². The number of benzene rings is 1. The van der Waals surface area contributed by atoms with Crippen LogP contribution in [0.1, 0.15) is 23.2 Å². The Hall–Kier alpha value is -2.41. The average Bonchev–Trinajstić information content (AvgIpc) is 3.03. The number of rotatable bonds is 3. The molecule has 130 valence electrons. The molecule has 0 saturated carbocycles. The maximum Gasteiger partial charge on any atom is 0.417 e. The van der Waals surface area contributed by atoms with Gasteiger partial charge < -0.3 is 0 Å². The van der Waals surface area contributed by atoms with Gasteiger partial charge in [0.2, 0.25) is 0 Å². The van der Waals surface area contributed by atoms with Crippen LogP contribution in [0.4, 0.5) is 13.2 Å². The third-order valence-electron chi connectivity index (χ3n) is 3.89. The van der Waals surface area contributed by atoms with E-state index in [1.165, 1.54) is 18.2 Å². The van der Waals surface area contributed by atoms with Gasteiger partial charge >= 0.3 is 6.18 Å². The maximum absolute atomic E-state index is 12.7. The van der Waals surface area contributed by atoms with Crippen molar-refractivity contribution >= 4 is 21.0 Å². The Labute approximate surface area is 143 Å². The second kappa shape index (κ2) is 6.15. The van der Waals surface area contributed by atoms with E-state index >= 15 is 0 Å². The SMILES string of the molecule is CS(=O)(=O)c1ccc(C2=CCC=C2c2ccc(C(F)(F)F)cn2)cc1. The lowest BCUT2D eigenvalue weighted by atomic mass is 9.98. The van der Waals surface area contributed by atoms with Gasteiger partial charge in [0.1, 0.15) is 0 Å². The Morgan fingerprint density at radius 2 is 1.60 bits per heavy atom.